The first kappa shape index (κ1) is 20.0. The number of rotatable bonds is 7. The molecule has 0 spiro atoms. The minimum atomic E-state index is -0.311. The van der Waals surface area contributed by atoms with Gasteiger partial charge in [0.2, 0.25) is 5.91 Å². The second-order valence-electron chi connectivity index (χ2n) is 5.26. The maximum absolute atomic E-state index is 11.8. The number of carbonyl (C=O) groups excluding carboxylic acids is 1. The fourth-order valence-electron chi connectivity index (χ4n) is 2.43. The molecule has 7 heteroatoms. The molecule has 2 atom stereocenters. The number of ether oxygens (including phenoxy) is 1. The Morgan fingerprint density at radius 1 is 1.43 bits per heavy atom. The number of hydrogen-bond donors (Lipinski definition) is 3. The molecule has 1 heterocycles. The number of nitrogens with zero attached hydrogens (tertiary/aromatic N) is 1. The van der Waals surface area contributed by atoms with Gasteiger partial charge >= 0.3 is 0 Å². The van der Waals surface area contributed by atoms with E-state index in [1.807, 2.05) is 6.92 Å². The second-order valence-corrected chi connectivity index (χ2v) is 5.26. The van der Waals surface area contributed by atoms with Crippen molar-refractivity contribution >= 4 is 24.3 Å². The minimum absolute atomic E-state index is 0. The highest BCUT2D eigenvalue weighted by Gasteiger charge is 2.33. The number of amides is 1. The quantitative estimate of drug-likeness (QED) is 0.379. The number of hydrogen-bond acceptors (Lipinski definition) is 3. The van der Waals surface area contributed by atoms with Crippen LogP contribution < -0.4 is 11.1 Å². The molecule has 0 unspecified atom stereocenters. The second kappa shape index (κ2) is 10.7. The first-order valence-corrected chi connectivity index (χ1v) is 7.61. The number of unbranched alkanes of at least 4 members (excludes halogenated alkanes) is 1. The molecule has 0 bridgehead atoms. The largest absolute Gasteiger partial charge is 0.370 e. The van der Waals surface area contributed by atoms with E-state index in [-0.39, 0.29) is 36.5 Å². The molecule has 4 N–H and O–H groups in total. The molecule has 124 valence electrons. The Morgan fingerprint density at radius 2 is 2.14 bits per heavy atom. The van der Waals surface area contributed by atoms with E-state index in [1.54, 1.807) is 4.90 Å². The van der Waals surface area contributed by atoms with E-state index in [2.05, 4.69) is 12.2 Å². The molecule has 6 nitrogen and oxygen atoms in total. The zero-order valence-corrected chi connectivity index (χ0v) is 13.9. The van der Waals surface area contributed by atoms with Crippen LogP contribution in [0.25, 0.3) is 0 Å². The maximum Gasteiger partial charge on any atom is 0.220 e. The number of likely N-dealkylation sites (tertiary alicyclic amines) is 1. The lowest BCUT2D eigenvalue weighted by atomic mass is 10.0. The molecule has 21 heavy (non-hydrogen) atoms. The van der Waals surface area contributed by atoms with Crippen LogP contribution in [0.2, 0.25) is 0 Å². The summed E-state index contributed by atoms with van der Waals surface area (Å²) in [7, 11) is 0. The zero-order valence-electron chi connectivity index (χ0n) is 13.1. The Kier molecular flexibility index (Phi) is 10.2. The van der Waals surface area contributed by atoms with Gasteiger partial charge in [-0.2, -0.15) is 0 Å². The summed E-state index contributed by atoms with van der Waals surface area (Å²) in [5, 5.41) is 10.7. The Hall–Kier alpha value is -1.01. The van der Waals surface area contributed by atoms with Gasteiger partial charge < -0.3 is 20.7 Å². The predicted octanol–water partition coefficient (Wildman–Crippen LogP) is 1.83. The molecule has 0 aromatic heterocycles. The summed E-state index contributed by atoms with van der Waals surface area (Å²) in [6.07, 6.45) is 4.85. The fraction of sp³-hybridized carbons (Fsp3) is 0.857. The Labute approximate surface area is 133 Å². The SMILES string of the molecule is CCCCO[C@@H]1[C@@H](NC(=O)CCC)CCCN1C(=N)N.Cl. The van der Waals surface area contributed by atoms with Crippen LogP contribution in [-0.4, -0.2) is 42.2 Å². The van der Waals surface area contributed by atoms with E-state index in [9.17, 15) is 4.79 Å². The van der Waals surface area contributed by atoms with Crippen molar-refractivity contribution in [2.24, 2.45) is 5.73 Å². The van der Waals surface area contributed by atoms with Crippen molar-refractivity contribution in [1.82, 2.24) is 10.2 Å². The standard InChI is InChI=1S/C14H28N4O2.ClH/c1-3-5-10-20-13-11(17-12(19)7-4-2)8-6-9-18(13)14(15)16;/h11,13H,3-10H2,1-2H3,(H3,15,16)(H,17,19);1H/t11-,13+;/m0./s1. The summed E-state index contributed by atoms with van der Waals surface area (Å²) in [4.78, 5) is 13.5. The summed E-state index contributed by atoms with van der Waals surface area (Å²) in [5.74, 6) is 0.0629. The van der Waals surface area contributed by atoms with E-state index in [0.29, 0.717) is 19.6 Å². The van der Waals surface area contributed by atoms with Crippen molar-refractivity contribution in [3.05, 3.63) is 0 Å². The van der Waals surface area contributed by atoms with Crippen molar-refractivity contribution in [2.75, 3.05) is 13.2 Å². The van der Waals surface area contributed by atoms with E-state index in [0.717, 1.165) is 32.1 Å². The first-order chi connectivity index (χ1) is 9.60. The highest BCUT2D eigenvalue weighted by atomic mass is 35.5. The van der Waals surface area contributed by atoms with Crippen LogP contribution in [0.3, 0.4) is 0 Å². The van der Waals surface area contributed by atoms with Crippen molar-refractivity contribution in [2.45, 2.75) is 64.6 Å². The first-order valence-electron chi connectivity index (χ1n) is 7.61. The van der Waals surface area contributed by atoms with Crippen molar-refractivity contribution in [3.63, 3.8) is 0 Å². The number of guanidine groups is 1. The van der Waals surface area contributed by atoms with Crippen molar-refractivity contribution < 1.29 is 9.53 Å². The van der Waals surface area contributed by atoms with Gasteiger partial charge in [0.15, 0.2) is 12.2 Å². The van der Waals surface area contributed by atoms with Gasteiger partial charge in [0.25, 0.3) is 0 Å². The smallest absolute Gasteiger partial charge is 0.220 e. The van der Waals surface area contributed by atoms with Crippen molar-refractivity contribution in [1.29, 1.82) is 5.41 Å². The lowest BCUT2D eigenvalue weighted by Crippen LogP contribution is -2.59. The van der Waals surface area contributed by atoms with E-state index in [1.165, 1.54) is 0 Å². The average Bonchev–Trinajstić information content (AvgIpc) is 2.40. The Bertz CT molecular complexity index is 328. The molecular weight excluding hydrogens is 292 g/mol. The van der Waals surface area contributed by atoms with Crippen LogP contribution in [0, 0.1) is 5.41 Å². The molecule has 1 amide bonds. The van der Waals surface area contributed by atoms with Gasteiger partial charge in [-0.25, -0.2) is 0 Å². The van der Waals surface area contributed by atoms with Gasteiger partial charge in [0.05, 0.1) is 6.04 Å². The topological polar surface area (TPSA) is 91.4 Å². The van der Waals surface area contributed by atoms with Crippen LogP contribution in [0.4, 0.5) is 0 Å². The highest BCUT2D eigenvalue weighted by molar-refractivity contribution is 5.85. The molecule has 1 aliphatic heterocycles. The summed E-state index contributed by atoms with van der Waals surface area (Å²) in [5.41, 5.74) is 5.63. The van der Waals surface area contributed by atoms with Crippen molar-refractivity contribution in [3.8, 4) is 0 Å². The lowest BCUT2D eigenvalue weighted by Gasteiger charge is -2.41. The van der Waals surface area contributed by atoms with Crippen LogP contribution in [0.1, 0.15) is 52.4 Å². The minimum Gasteiger partial charge on any atom is -0.370 e. The molecule has 1 rings (SSSR count). The third-order valence-electron chi connectivity index (χ3n) is 3.48. The third-order valence-corrected chi connectivity index (χ3v) is 3.48. The van der Waals surface area contributed by atoms with Gasteiger partial charge in [-0.1, -0.05) is 20.3 Å². The number of nitrogens with two attached hydrogens (primary N) is 1. The van der Waals surface area contributed by atoms with Crippen LogP contribution >= 0.6 is 12.4 Å². The third kappa shape index (κ3) is 6.52. The van der Waals surface area contributed by atoms with Gasteiger partial charge in [-0.15, -0.1) is 12.4 Å². The fourth-order valence-corrected chi connectivity index (χ4v) is 2.43. The molecule has 0 saturated carbocycles. The Balaban J connectivity index is 0.00000400. The molecular formula is C14H29ClN4O2. The van der Waals surface area contributed by atoms with E-state index >= 15 is 0 Å². The van der Waals surface area contributed by atoms with E-state index < -0.39 is 0 Å². The maximum atomic E-state index is 11.8. The molecule has 0 radical (unpaired) electrons. The van der Waals surface area contributed by atoms with Crippen LogP contribution in [-0.2, 0) is 9.53 Å². The molecule has 1 saturated heterocycles. The summed E-state index contributed by atoms with van der Waals surface area (Å²) in [6, 6.07) is -0.0800. The van der Waals surface area contributed by atoms with Gasteiger partial charge in [0, 0.05) is 19.6 Å². The highest BCUT2D eigenvalue weighted by Crippen LogP contribution is 2.19. The molecule has 1 aliphatic rings. The number of nitrogens with one attached hydrogen (secondary N) is 2. The van der Waals surface area contributed by atoms with Gasteiger partial charge in [-0.3, -0.25) is 10.2 Å². The number of halogens is 1. The zero-order chi connectivity index (χ0) is 15.0. The van der Waals surface area contributed by atoms with E-state index in [4.69, 9.17) is 15.9 Å². The molecule has 0 aromatic carbocycles. The number of carbonyl (C=O) groups is 1. The average molecular weight is 321 g/mol. The van der Waals surface area contributed by atoms with Crippen LogP contribution in [0.5, 0.6) is 0 Å². The monoisotopic (exact) mass is 320 g/mol. The Morgan fingerprint density at radius 3 is 2.71 bits per heavy atom. The van der Waals surface area contributed by atoms with Gasteiger partial charge in [-0.05, 0) is 25.7 Å². The summed E-state index contributed by atoms with van der Waals surface area (Å²) >= 11 is 0. The number of piperidine rings is 1. The normalized spacial score (nSPS) is 21.5. The van der Waals surface area contributed by atoms with Crippen LogP contribution in [0.15, 0.2) is 0 Å². The summed E-state index contributed by atoms with van der Waals surface area (Å²) < 4.78 is 5.88. The van der Waals surface area contributed by atoms with Gasteiger partial charge in [0.1, 0.15) is 0 Å². The summed E-state index contributed by atoms with van der Waals surface area (Å²) in [6.45, 7) is 5.43. The predicted molar refractivity (Wildman–Crippen MR) is 86.6 cm³/mol. The molecule has 0 aliphatic carbocycles. The molecule has 1 fully saturated rings. The molecule has 0 aromatic rings. The lowest BCUT2D eigenvalue weighted by molar-refractivity contribution is -0.126.